The van der Waals surface area contributed by atoms with Gasteiger partial charge in [0.2, 0.25) is 5.91 Å². The second kappa shape index (κ2) is 8.49. The van der Waals surface area contributed by atoms with Gasteiger partial charge in [-0.3, -0.25) is 4.79 Å². The molecular weight excluding hydrogens is 324 g/mol. The molecule has 0 radical (unpaired) electrons. The number of ether oxygens (including phenoxy) is 1. The minimum atomic E-state index is -1.18. The number of amides is 2. The molecule has 2 aromatic carbocycles. The lowest BCUT2D eigenvalue weighted by Gasteiger charge is -2.15. The molecule has 1 atom stereocenters. The predicted octanol–water partition coefficient (Wildman–Crippen LogP) is 1.71. The summed E-state index contributed by atoms with van der Waals surface area (Å²) in [6, 6.07) is 14.1. The zero-order valence-corrected chi connectivity index (χ0v) is 13.3. The Bertz CT molecular complexity index is 744. The molecule has 0 aliphatic heterocycles. The van der Waals surface area contributed by atoms with Crippen LogP contribution < -0.4 is 11.1 Å². The smallest absolute Gasteiger partial charge is 0.408 e. The van der Waals surface area contributed by atoms with Gasteiger partial charge in [0.25, 0.3) is 0 Å². The fourth-order valence-corrected chi connectivity index (χ4v) is 2.15. The Kier molecular flexibility index (Phi) is 6.11. The summed E-state index contributed by atoms with van der Waals surface area (Å²) in [5.41, 5.74) is 6.92. The van der Waals surface area contributed by atoms with E-state index in [0.717, 1.165) is 5.56 Å². The molecule has 2 aromatic rings. The lowest BCUT2D eigenvalue weighted by atomic mass is 10.0. The van der Waals surface area contributed by atoms with E-state index in [-0.39, 0.29) is 13.0 Å². The molecule has 2 amide bonds. The predicted molar refractivity (Wildman–Crippen MR) is 89.9 cm³/mol. The Morgan fingerprint density at radius 2 is 1.64 bits per heavy atom. The molecule has 0 bridgehead atoms. The highest BCUT2D eigenvalue weighted by molar-refractivity contribution is 5.92. The van der Waals surface area contributed by atoms with Crippen molar-refractivity contribution in [3.05, 3.63) is 71.3 Å². The van der Waals surface area contributed by atoms with Gasteiger partial charge in [-0.2, -0.15) is 0 Å². The number of alkyl carbamates (subject to hydrolysis) is 1. The molecule has 25 heavy (non-hydrogen) atoms. The molecule has 1 unspecified atom stereocenters. The number of nitrogens with two attached hydrogens (primary N) is 1. The van der Waals surface area contributed by atoms with Crippen LogP contribution in [0.3, 0.4) is 0 Å². The SMILES string of the molecule is NC(=O)c1ccc(CC(NC(=O)OCc2ccccc2)C(=O)O)cc1. The number of benzene rings is 2. The molecule has 0 heterocycles. The number of carbonyl (C=O) groups is 3. The van der Waals surface area contributed by atoms with E-state index >= 15 is 0 Å². The average molecular weight is 342 g/mol. The van der Waals surface area contributed by atoms with Crippen molar-refractivity contribution in [2.24, 2.45) is 5.73 Å². The summed E-state index contributed by atoms with van der Waals surface area (Å²) in [5, 5.41) is 11.6. The van der Waals surface area contributed by atoms with Crippen LogP contribution in [0, 0.1) is 0 Å². The lowest BCUT2D eigenvalue weighted by molar-refractivity contribution is -0.139. The van der Waals surface area contributed by atoms with Crippen molar-refractivity contribution < 1.29 is 24.2 Å². The van der Waals surface area contributed by atoms with Crippen LogP contribution in [0.1, 0.15) is 21.5 Å². The largest absolute Gasteiger partial charge is 0.480 e. The summed E-state index contributed by atoms with van der Waals surface area (Å²) >= 11 is 0. The van der Waals surface area contributed by atoms with Gasteiger partial charge in [-0.05, 0) is 23.3 Å². The van der Waals surface area contributed by atoms with Crippen molar-refractivity contribution in [2.45, 2.75) is 19.1 Å². The highest BCUT2D eigenvalue weighted by Crippen LogP contribution is 2.08. The summed E-state index contributed by atoms with van der Waals surface area (Å²) in [7, 11) is 0. The van der Waals surface area contributed by atoms with Gasteiger partial charge in [-0.25, -0.2) is 9.59 Å². The van der Waals surface area contributed by atoms with Crippen LogP contribution in [0.2, 0.25) is 0 Å². The average Bonchev–Trinajstić information content (AvgIpc) is 2.60. The number of nitrogens with one attached hydrogen (secondary N) is 1. The van der Waals surface area contributed by atoms with Crippen molar-refractivity contribution >= 4 is 18.0 Å². The summed E-state index contributed by atoms with van der Waals surface area (Å²) < 4.78 is 5.02. The molecule has 0 aromatic heterocycles. The molecule has 0 saturated carbocycles. The highest BCUT2D eigenvalue weighted by atomic mass is 16.5. The Balaban J connectivity index is 1.92. The van der Waals surface area contributed by atoms with Gasteiger partial charge in [0, 0.05) is 12.0 Å². The second-order valence-electron chi connectivity index (χ2n) is 5.36. The normalized spacial score (nSPS) is 11.4. The number of carboxylic acid groups (broad SMARTS) is 1. The van der Waals surface area contributed by atoms with Gasteiger partial charge < -0.3 is 20.9 Å². The van der Waals surface area contributed by atoms with Gasteiger partial charge in [0.15, 0.2) is 0 Å². The molecule has 130 valence electrons. The quantitative estimate of drug-likeness (QED) is 0.708. The summed E-state index contributed by atoms with van der Waals surface area (Å²) in [5.74, 6) is -1.75. The maximum absolute atomic E-state index is 11.8. The third kappa shape index (κ3) is 5.65. The van der Waals surface area contributed by atoms with E-state index < -0.39 is 24.0 Å². The lowest BCUT2D eigenvalue weighted by Crippen LogP contribution is -2.42. The summed E-state index contributed by atoms with van der Waals surface area (Å²) in [6.07, 6.45) is -0.764. The van der Waals surface area contributed by atoms with Crippen LogP contribution in [0.5, 0.6) is 0 Å². The van der Waals surface area contributed by atoms with Crippen LogP contribution in [0.15, 0.2) is 54.6 Å². The van der Waals surface area contributed by atoms with E-state index in [4.69, 9.17) is 10.5 Å². The minimum absolute atomic E-state index is 0.0479. The number of carbonyl (C=O) groups excluding carboxylic acids is 2. The van der Waals surface area contributed by atoms with Gasteiger partial charge in [0.05, 0.1) is 0 Å². The Hall–Kier alpha value is -3.35. The summed E-state index contributed by atoms with van der Waals surface area (Å²) in [4.78, 5) is 34.2. The first-order valence-corrected chi connectivity index (χ1v) is 7.54. The van der Waals surface area contributed by atoms with E-state index in [1.54, 1.807) is 24.3 Å². The van der Waals surface area contributed by atoms with Gasteiger partial charge >= 0.3 is 12.1 Å². The molecule has 0 spiro atoms. The Labute approximate surface area is 144 Å². The van der Waals surface area contributed by atoms with Crippen molar-refractivity contribution in [2.75, 3.05) is 0 Å². The Morgan fingerprint density at radius 3 is 2.20 bits per heavy atom. The number of primary amides is 1. The van der Waals surface area contributed by atoms with Crippen LogP contribution in [0.4, 0.5) is 4.79 Å². The van der Waals surface area contributed by atoms with Crippen molar-refractivity contribution in [3.63, 3.8) is 0 Å². The topological polar surface area (TPSA) is 119 Å². The van der Waals surface area contributed by atoms with Crippen molar-refractivity contribution in [1.82, 2.24) is 5.32 Å². The molecule has 0 aliphatic rings. The summed E-state index contributed by atoms with van der Waals surface area (Å²) in [6.45, 7) is 0.0479. The maximum Gasteiger partial charge on any atom is 0.408 e. The molecule has 0 saturated heterocycles. The first-order valence-electron chi connectivity index (χ1n) is 7.54. The first kappa shape index (κ1) is 18.0. The van der Waals surface area contributed by atoms with Gasteiger partial charge in [0.1, 0.15) is 12.6 Å². The number of aliphatic carboxylic acids is 1. The standard InChI is InChI=1S/C18H18N2O5/c19-16(21)14-8-6-12(7-9-14)10-15(17(22)23)20-18(24)25-11-13-4-2-1-3-5-13/h1-9,15H,10-11H2,(H2,19,21)(H,20,24)(H,22,23). The number of hydrogen-bond donors (Lipinski definition) is 3. The molecule has 0 aliphatic carbocycles. The van der Waals surface area contributed by atoms with Crippen LogP contribution in [-0.4, -0.2) is 29.1 Å². The molecule has 2 rings (SSSR count). The number of hydrogen-bond acceptors (Lipinski definition) is 4. The second-order valence-corrected chi connectivity index (χ2v) is 5.36. The van der Waals surface area contributed by atoms with Crippen molar-refractivity contribution in [1.29, 1.82) is 0 Å². The van der Waals surface area contributed by atoms with E-state index in [9.17, 15) is 19.5 Å². The minimum Gasteiger partial charge on any atom is -0.480 e. The zero-order chi connectivity index (χ0) is 18.2. The van der Waals surface area contributed by atoms with Crippen molar-refractivity contribution in [3.8, 4) is 0 Å². The highest BCUT2D eigenvalue weighted by Gasteiger charge is 2.21. The number of rotatable bonds is 7. The molecule has 4 N–H and O–H groups in total. The third-order valence-electron chi connectivity index (χ3n) is 3.48. The fraction of sp³-hybridized carbons (Fsp3) is 0.167. The van der Waals surface area contributed by atoms with Crippen LogP contribution in [0.25, 0.3) is 0 Å². The monoisotopic (exact) mass is 342 g/mol. The number of carboxylic acids is 1. The van der Waals surface area contributed by atoms with E-state index in [1.165, 1.54) is 12.1 Å². The third-order valence-corrected chi connectivity index (χ3v) is 3.48. The molecule has 7 nitrogen and oxygen atoms in total. The van der Waals surface area contributed by atoms with E-state index in [1.807, 2.05) is 18.2 Å². The first-order chi connectivity index (χ1) is 12.0. The maximum atomic E-state index is 11.8. The van der Waals surface area contributed by atoms with Gasteiger partial charge in [-0.1, -0.05) is 42.5 Å². The van der Waals surface area contributed by atoms with E-state index in [0.29, 0.717) is 11.1 Å². The fourth-order valence-electron chi connectivity index (χ4n) is 2.15. The van der Waals surface area contributed by atoms with E-state index in [2.05, 4.69) is 5.32 Å². The molecular formula is C18H18N2O5. The Morgan fingerprint density at radius 1 is 1.00 bits per heavy atom. The van der Waals surface area contributed by atoms with Crippen LogP contribution in [-0.2, 0) is 22.6 Å². The van der Waals surface area contributed by atoms with Crippen LogP contribution >= 0.6 is 0 Å². The van der Waals surface area contributed by atoms with Gasteiger partial charge in [-0.15, -0.1) is 0 Å². The molecule has 0 fully saturated rings. The molecule has 7 heteroatoms. The zero-order valence-electron chi connectivity index (χ0n) is 13.3.